The number of ketones is 1. The molecule has 3 nitrogen and oxygen atoms in total. The smallest absolute Gasteiger partial charge is 0.317 e. The lowest BCUT2D eigenvalue weighted by Crippen LogP contribution is -2.28. The maximum absolute atomic E-state index is 13.1. The summed E-state index contributed by atoms with van der Waals surface area (Å²) < 4.78 is 18.2. The van der Waals surface area contributed by atoms with Gasteiger partial charge in [0.2, 0.25) is 0 Å². The fraction of sp³-hybridized carbons (Fsp3) is 0.333. The number of ether oxygens (including phenoxy) is 1. The van der Waals surface area contributed by atoms with Crippen LogP contribution < -0.4 is 0 Å². The summed E-state index contributed by atoms with van der Waals surface area (Å²) in [6, 6.07) is 13.1. The molecule has 4 heteroatoms. The second-order valence-electron chi connectivity index (χ2n) is 6.28. The number of rotatable bonds is 7. The molecule has 0 heterocycles. The van der Waals surface area contributed by atoms with Gasteiger partial charge in [0, 0.05) is 5.56 Å². The van der Waals surface area contributed by atoms with Crippen LogP contribution in [-0.2, 0) is 16.0 Å². The monoisotopic (exact) mass is 342 g/mol. The highest BCUT2D eigenvalue weighted by atomic mass is 19.1. The summed E-state index contributed by atoms with van der Waals surface area (Å²) >= 11 is 0. The molecule has 132 valence electrons. The predicted octanol–water partition coefficient (Wildman–Crippen LogP) is 4.55. The summed E-state index contributed by atoms with van der Waals surface area (Å²) in [4.78, 5) is 25.1. The van der Waals surface area contributed by atoms with Crippen molar-refractivity contribution in [3.8, 4) is 0 Å². The zero-order valence-corrected chi connectivity index (χ0v) is 14.8. The molecule has 0 aliphatic rings. The highest BCUT2D eigenvalue weighted by Gasteiger charge is 2.29. The number of benzene rings is 2. The van der Waals surface area contributed by atoms with Crippen molar-refractivity contribution in [1.82, 2.24) is 0 Å². The van der Waals surface area contributed by atoms with Crippen LogP contribution in [0.2, 0.25) is 0 Å². The van der Waals surface area contributed by atoms with Gasteiger partial charge in [-0.2, -0.15) is 0 Å². The molecule has 2 aromatic rings. The van der Waals surface area contributed by atoms with Gasteiger partial charge in [0.1, 0.15) is 11.7 Å². The molecule has 0 amide bonds. The highest BCUT2D eigenvalue weighted by Crippen LogP contribution is 2.21. The van der Waals surface area contributed by atoms with Crippen molar-refractivity contribution in [2.45, 2.75) is 33.1 Å². The minimum atomic E-state index is -0.937. The first-order chi connectivity index (χ1) is 11.9. The summed E-state index contributed by atoms with van der Waals surface area (Å²) in [6.45, 7) is 6.09. The first-order valence-corrected chi connectivity index (χ1v) is 8.47. The SMILES string of the molecule is CCOC(=O)C(Cc1cccc(C(C)C)c1)C(=O)c1ccc(F)cc1. The number of esters is 1. The quantitative estimate of drug-likeness (QED) is 0.421. The van der Waals surface area contributed by atoms with Crippen LogP contribution in [0.25, 0.3) is 0 Å². The Hall–Kier alpha value is -2.49. The fourth-order valence-electron chi connectivity index (χ4n) is 2.66. The van der Waals surface area contributed by atoms with Crippen LogP contribution in [0.4, 0.5) is 4.39 Å². The van der Waals surface area contributed by atoms with Crippen LogP contribution in [0.15, 0.2) is 48.5 Å². The van der Waals surface area contributed by atoms with Gasteiger partial charge in [0.05, 0.1) is 6.61 Å². The van der Waals surface area contributed by atoms with E-state index in [-0.39, 0.29) is 18.8 Å². The van der Waals surface area contributed by atoms with Gasteiger partial charge in [-0.15, -0.1) is 0 Å². The van der Waals surface area contributed by atoms with Gasteiger partial charge in [0.15, 0.2) is 5.78 Å². The molecular weight excluding hydrogens is 319 g/mol. The highest BCUT2D eigenvalue weighted by molar-refractivity contribution is 6.08. The molecule has 0 radical (unpaired) electrons. The number of hydrogen-bond acceptors (Lipinski definition) is 3. The number of carbonyl (C=O) groups excluding carboxylic acids is 2. The Balaban J connectivity index is 2.29. The van der Waals surface area contributed by atoms with Crippen LogP contribution in [0.5, 0.6) is 0 Å². The molecule has 0 N–H and O–H groups in total. The van der Waals surface area contributed by atoms with E-state index in [2.05, 4.69) is 13.8 Å². The average Bonchev–Trinajstić information content (AvgIpc) is 2.60. The molecule has 0 aliphatic carbocycles. The third kappa shape index (κ3) is 4.99. The molecular formula is C21H23FO3. The van der Waals surface area contributed by atoms with E-state index < -0.39 is 17.7 Å². The van der Waals surface area contributed by atoms with Gasteiger partial charge in [0.25, 0.3) is 0 Å². The third-order valence-corrected chi connectivity index (χ3v) is 4.07. The lowest BCUT2D eigenvalue weighted by Gasteiger charge is -2.16. The minimum Gasteiger partial charge on any atom is -0.465 e. The predicted molar refractivity (Wildman–Crippen MR) is 95.1 cm³/mol. The number of halogens is 1. The zero-order chi connectivity index (χ0) is 18.4. The normalized spacial score (nSPS) is 12.0. The van der Waals surface area contributed by atoms with E-state index in [1.807, 2.05) is 24.3 Å². The number of carbonyl (C=O) groups is 2. The molecule has 1 atom stereocenters. The second-order valence-corrected chi connectivity index (χ2v) is 6.28. The standard InChI is InChI=1S/C21H23FO3/c1-4-25-21(24)19(20(23)16-8-10-18(22)11-9-16)13-15-6-5-7-17(12-15)14(2)3/h5-12,14,19H,4,13H2,1-3H3. The van der Waals surface area contributed by atoms with Crippen molar-refractivity contribution in [2.75, 3.05) is 6.61 Å². The van der Waals surface area contributed by atoms with E-state index in [9.17, 15) is 14.0 Å². The molecule has 0 saturated heterocycles. The minimum absolute atomic E-state index is 0.206. The fourth-order valence-corrected chi connectivity index (χ4v) is 2.66. The Labute approximate surface area is 147 Å². The Morgan fingerprint density at radius 3 is 2.36 bits per heavy atom. The molecule has 0 saturated carbocycles. The number of hydrogen-bond donors (Lipinski definition) is 0. The summed E-state index contributed by atoms with van der Waals surface area (Å²) in [5.41, 5.74) is 2.36. The van der Waals surface area contributed by atoms with E-state index in [0.29, 0.717) is 11.5 Å². The summed E-state index contributed by atoms with van der Waals surface area (Å²) in [6.07, 6.45) is 0.260. The van der Waals surface area contributed by atoms with Crippen LogP contribution in [0.1, 0.15) is 48.2 Å². The van der Waals surface area contributed by atoms with Crippen LogP contribution in [-0.4, -0.2) is 18.4 Å². The molecule has 0 aromatic heterocycles. The van der Waals surface area contributed by atoms with Gasteiger partial charge in [-0.05, 0) is 54.7 Å². The van der Waals surface area contributed by atoms with Crippen molar-refractivity contribution in [3.05, 3.63) is 71.0 Å². The summed E-state index contributed by atoms with van der Waals surface area (Å²) in [7, 11) is 0. The van der Waals surface area contributed by atoms with Crippen LogP contribution in [0, 0.1) is 11.7 Å². The molecule has 2 rings (SSSR count). The van der Waals surface area contributed by atoms with Gasteiger partial charge in [-0.3, -0.25) is 9.59 Å². The van der Waals surface area contributed by atoms with E-state index in [1.165, 1.54) is 24.3 Å². The topological polar surface area (TPSA) is 43.4 Å². The van der Waals surface area contributed by atoms with E-state index in [0.717, 1.165) is 11.1 Å². The number of Topliss-reactive ketones (excluding diaryl/α,β-unsaturated/α-hetero) is 1. The molecule has 1 unspecified atom stereocenters. The van der Waals surface area contributed by atoms with E-state index in [4.69, 9.17) is 4.74 Å². The van der Waals surface area contributed by atoms with Crippen molar-refractivity contribution in [1.29, 1.82) is 0 Å². The molecule has 0 bridgehead atoms. The van der Waals surface area contributed by atoms with Gasteiger partial charge >= 0.3 is 5.97 Å². The molecule has 25 heavy (non-hydrogen) atoms. The van der Waals surface area contributed by atoms with Crippen molar-refractivity contribution >= 4 is 11.8 Å². The Morgan fingerprint density at radius 2 is 1.76 bits per heavy atom. The molecule has 0 fully saturated rings. The zero-order valence-electron chi connectivity index (χ0n) is 14.8. The molecule has 0 spiro atoms. The molecule has 0 aliphatic heterocycles. The lowest BCUT2D eigenvalue weighted by molar-refractivity contribution is -0.146. The Bertz CT molecular complexity index is 735. The van der Waals surface area contributed by atoms with Gasteiger partial charge in [-0.25, -0.2) is 4.39 Å². The maximum atomic E-state index is 13.1. The van der Waals surface area contributed by atoms with Crippen molar-refractivity contribution < 1.29 is 18.7 Å². The lowest BCUT2D eigenvalue weighted by atomic mass is 9.89. The first kappa shape index (κ1) is 18.8. The third-order valence-electron chi connectivity index (χ3n) is 4.07. The molecule has 2 aromatic carbocycles. The second kappa shape index (κ2) is 8.56. The van der Waals surface area contributed by atoms with Gasteiger partial charge < -0.3 is 4.74 Å². The van der Waals surface area contributed by atoms with Crippen molar-refractivity contribution in [2.24, 2.45) is 5.92 Å². The van der Waals surface area contributed by atoms with E-state index in [1.54, 1.807) is 6.92 Å². The first-order valence-electron chi connectivity index (χ1n) is 8.47. The largest absolute Gasteiger partial charge is 0.465 e. The van der Waals surface area contributed by atoms with E-state index >= 15 is 0 Å². The Kier molecular flexibility index (Phi) is 6.45. The summed E-state index contributed by atoms with van der Waals surface area (Å²) in [5, 5.41) is 0. The van der Waals surface area contributed by atoms with Crippen molar-refractivity contribution in [3.63, 3.8) is 0 Å². The van der Waals surface area contributed by atoms with Crippen LogP contribution in [0.3, 0.4) is 0 Å². The average molecular weight is 342 g/mol. The van der Waals surface area contributed by atoms with Gasteiger partial charge in [-0.1, -0.05) is 38.1 Å². The van der Waals surface area contributed by atoms with Crippen LogP contribution >= 0.6 is 0 Å². The Morgan fingerprint density at radius 1 is 1.08 bits per heavy atom. The summed E-state index contributed by atoms with van der Waals surface area (Å²) in [5.74, 6) is -1.91. The maximum Gasteiger partial charge on any atom is 0.317 e.